The van der Waals surface area contributed by atoms with Crippen LogP contribution in [-0.2, 0) is 14.3 Å². The number of carbonyl (C=O) groups is 3. The second-order valence-electron chi connectivity index (χ2n) is 5.81. The highest BCUT2D eigenvalue weighted by molar-refractivity contribution is 6.29. The number of nitrogens with zero attached hydrogens (tertiary/aromatic N) is 2. The molecule has 2 fully saturated rings. The molecule has 0 bridgehead atoms. The number of hydrogen-bond acceptors (Lipinski definition) is 5. The first-order valence-corrected chi connectivity index (χ1v) is 8.32. The van der Waals surface area contributed by atoms with Crippen LogP contribution < -0.4 is 0 Å². The molecule has 3 heterocycles. The summed E-state index contributed by atoms with van der Waals surface area (Å²) in [7, 11) is 0. The molecule has 3 rings (SSSR count). The van der Waals surface area contributed by atoms with Gasteiger partial charge in [0, 0.05) is 25.8 Å². The molecule has 7 heteroatoms. The third-order valence-electron chi connectivity index (χ3n) is 4.30. The second-order valence-corrected chi connectivity index (χ2v) is 5.81. The summed E-state index contributed by atoms with van der Waals surface area (Å²) in [5.74, 6) is -0.502. The summed E-state index contributed by atoms with van der Waals surface area (Å²) in [5.41, 5.74) is -0.0178. The molecule has 0 N–H and O–H groups in total. The first-order chi connectivity index (χ1) is 12.1. The van der Waals surface area contributed by atoms with E-state index in [0.29, 0.717) is 31.8 Å². The van der Waals surface area contributed by atoms with Gasteiger partial charge >= 0.3 is 6.03 Å². The average molecular weight is 344 g/mol. The van der Waals surface area contributed by atoms with Crippen molar-refractivity contribution in [2.45, 2.75) is 25.8 Å². The molecule has 2 saturated heterocycles. The quantitative estimate of drug-likeness (QED) is 0.618. The second kappa shape index (κ2) is 7.48. The topological polar surface area (TPSA) is 80.1 Å². The lowest BCUT2D eigenvalue weighted by Gasteiger charge is -2.39. The van der Waals surface area contributed by atoms with Gasteiger partial charge in [-0.3, -0.25) is 19.4 Å². The van der Waals surface area contributed by atoms with Gasteiger partial charge in [-0.25, -0.2) is 4.79 Å². The molecule has 1 aromatic heterocycles. The van der Waals surface area contributed by atoms with Crippen LogP contribution in [0.15, 0.2) is 40.5 Å². The standard InChI is InChI=1S/C18H20N2O5/c1-2-19-16(21)15(7-3-5-14-6-4-10-25-14)17(22)20(18(19)23)13-8-11-24-12-9-13/h3-7,10,13H,2,8-9,11-12H2,1H3/b5-3+,15-7+. The highest BCUT2D eigenvalue weighted by Gasteiger charge is 2.44. The third kappa shape index (κ3) is 3.41. The van der Waals surface area contributed by atoms with Crippen molar-refractivity contribution < 1.29 is 23.5 Å². The maximum absolute atomic E-state index is 12.8. The van der Waals surface area contributed by atoms with E-state index in [0.717, 1.165) is 4.90 Å². The zero-order valence-electron chi connectivity index (χ0n) is 14.0. The smallest absolute Gasteiger partial charge is 0.334 e. The molecule has 4 amide bonds. The number of barbiturate groups is 1. The Bertz CT molecular complexity index is 714. The Morgan fingerprint density at radius 2 is 1.96 bits per heavy atom. The molecule has 132 valence electrons. The maximum Gasteiger partial charge on any atom is 0.334 e. The molecule has 0 atom stereocenters. The number of allylic oxidation sites excluding steroid dienone is 2. The largest absolute Gasteiger partial charge is 0.465 e. The van der Waals surface area contributed by atoms with Crippen molar-refractivity contribution in [3.8, 4) is 0 Å². The van der Waals surface area contributed by atoms with Crippen LogP contribution in [0.2, 0.25) is 0 Å². The number of urea groups is 1. The molecule has 7 nitrogen and oxygen atoms in total. The van der Waals surface area contributed by atoms with Crippen LogP contribution in [0.3, 0.4) is 0 Å². The summed E-state index contributed by atoms with van der Waals surface area (Å²) in [6.07, 6.45) is 7.37. The van der Waals surface area contributed by atoms with Crippen LogP contribution in [0.1, 0.15) is 25.5 Å². The molecule has 0 spiro atoms. The van der Waals surface area contributed by atoms with E-state index in [9.17, 15) is 14.4 Å². The number of hydrogen-bond donors (Lipinski definition) is 0. The Hall–Kier alpha value is -2.67. The first kappa shape index (κ1) is 17.2. The van der Waals surface area contributed by atoms with Gasteiger partial charge < -0.3 is 9.15 Å². The molecule has 1 aromatic rings. The highest BCUT2D eigenvalue weighted by Crippen LogP contribution is 2.24. The van der Waals surface area contributed by atoms with Gasteiger partial charge in [0.15, 0.2) is 0 Å². The average Bonchev–Trinajstić information content (AvgIpc) is 3.13. The van der Waals surface area contributed by atoms with Crippen LogP contribution in [0.4, 0.5) is 4.79 Å². The van der Waals surface area contributed by atoms with Gasteiger partial charge in [0.2, 0.25) is 0 Å². The van der Waals surface area contributed by atoms with Gasteiger partial charge in [0.05, 0.1) is 6.26 Å². The Morgan fingerprint density at radius 1 is 1.20 bits per heavy atom. The molecule has 0 aromatic carbocycles. The summed E-state index contributed by atoms with van der Waals surface area (Å²) in [4.78, 5) is 40.2. The van der Waals surface area contributed by atoms with Gasteiger partial charge in [0.25, 0.3) is 11.8 Å². The fourth-order valence-electron chi connectivity index (χ4n) is 2.98. The number of furan rings is 1. The zero-order valence-corrected chi connectivity index (χ0v) is 14.0. The summed E-state index contributed by atoms with van der Waals surface area (Å²) >= 11 is 0. The summed E-state index contributed by atoms with van der Waals surface area (Å²) in [6, 6.07) is 2.72. The molecule has 25 heavy (non-hydrogen) atoms. The van der Waals surface area contributed by atoms with Gasteiger partial charge in [-0.05, 0) is 44.1 Å². The predicted molar refractivity (Wildman–Crippen MR) is 89.3 cm³/mol. The molecule has 0 unspecified atom stereocenters. The Kier molecular flexibility index (Phi) is 5.14. The summed E-state index contributed by atoms with van der Waals surface area (Å²) in [6.45, 7) is 2.92. The summed E-state index contributed by atoms with van der Waals surface area (Å²) < 4.78 is 10.5. The third-order valence-corrected chi connectivity index (χ3v) is 4.30. The minimum atomic E-state index is -0.565. The fourth-order valence-corrected chi connectivity index (χ4v) is 2.98. The van der Waals surface area contributed by atoms with Crippen molar-refractivity contribution in [3.63, 3.8) is 0 Å². The van der Waals surface area contributed by atoms with Crippen molar-refractivity contribution in [2.75, 3.05) is 19.8 Å². The van der Waals surface area contributed by atoms with Crippen LogP contribution in [0.5, 0.6) is 0 Å². The molecule has 2 aliphatic rings. The molecule has 2 aliphatic heterocycles. The van der Waals surface area contributed by atoms with E-state index in [1.165, 1.54) is 17.2 Å². The summed E-state index contributed by atoms with van der Waals surface area (Å²) in [5, 5.41) is 0. The van der Waals surface area contributed by atoms with Gasteiger partial charge in [-0.1, -0.05) is 6.08 Å². The van der Waals surface area contributed by atoms with Crippen LogP contribution in [0, 0.1) is 0 Å². The van der Waals surface area contributed by atoms with E-state index >= 15 is 0 Å². The lowest BCUT2D eigenvalue weighted by molar-refractivity contribution is -0.138. The fraction of sp³-hybridized carbons (Fsp3) is 0.389. The van der Waals surface area contributed by atoms with Crippen LogP contribution in [-0.4, -0.2) is 53.4 Å². The Morgan fingerprint density at radius 3 is 2.60 bits per heavy atom. The van der Waals surface area contributed by atoms with E-state index in [-0.39, 0.29) is 18.2 Å². The SMILES string of the molecule is CCN1C(=O)/C(=C\C=C\c2ccco2)C(=O)N(C2CCOCC2)C1=O. The number of ether oxygens (including phenoxy) is 1. The normalized spacial score (nSPS) is 21.8. The number of rotatable bonds is 4. The predicted octanol–water partition coefficient (Wildman–Crippen LogP) is 2.21. The van der Waals surface area contributed by atoms with E-state index in [4.69, 9.17) is 9.15 Å². The van der Waals surface area contributed by atoms with Crippen molar-refractivity contribution in [1.29, 1.82) is 0 Å². The number of carbonyl (C=O) groups excluding carboxylic acids is 3. The number of imide groups is 2. The molecule has 0 radical (unpaired) electrons. The van der Waals surface area contributed by atoms with Crippen LogP contribution in [0.25, 0.3) is 6.08 Å². The molecular formula is C18H20N2O5. The van der Waals surface area contributed by atoms with E-state index in [1.807, 2.05) is 0 Å². The molecular weight excluding hydrogens is 324 g/mol. The first-order valence-electron chi connectivity index (χ1n) is 8.32. The monoisotopic (exact) mass is 344 g/mol. The molecule has 0 saturated carbocycles. The van der Waals surface area contributed by atoms with E-state index < -0.39 is 17.8 Å². The minimum Gasteiger partial charge on any atom is -0.465 e. The van der Waals surface area contributed by atoms with Gasteiger partial charge in [0.1, 0.15) is 11.3 Å². The zero-order chi connectivity index (χ0) is 17.8. The van der Waals surface area contributed by atoms with Gasteiger partial charge in [-0.15, -0.1) is 0 Å². The minimum absolute atomic E-state index is 0.0178. The molecule has 0 aliphatic carbocycles. The Balaban J connectivity index is 1.88. The number of amides is 4. The lowest BCUT2D eigenvalue weighted by Crippen LogP contribution is -2.60. The lowest BCUT2D eigenvalue weighted by atomic mass is 10.0. The van der Waals surface area contributed by atoms with Crippen molar-refractivity contribution in [3.05, 3.63) is 41.9 Å². The van der Waals surface area contributed by atoms with Crippen LogP contribution >= 0.6 is 0 Å². The number of likely N-dealkylation sites (N-methyl/N-ethyl adjacent to an activating group) is 1. The van der Waals surface area contributed by atoms with Crippen molar-refractivity contribution >= 4 is 23.9 Å². The van der Waals surface area contributed by atoms with Gasteiger partial charge in [-0.2, -0.15) is 0 Å². The maximum atomic E-state index is 12.8. The Labute approximate surface area is 145 Å². The van der Waals surface area contributed by atoms with Crippen molar-refractivity contribution in [2.24, 2.45) is 0 Å². The van der Waals surface area contributed by atoms with E-state index in [2.05, 4.69) is 0 Å². The highest BCUT2D eigenvalue weighted by atomic mass is 16.5. The van der Waals surface area contributed by atoms with Crippen molar-refractivity contribution in [1.82, 2.24) is 9.80 Å². The van der Waals surface area contributed by atoms with E-state index in [1.54, 1.807) is 31.2 Å².